The summed E-state index contributed by atoms with van der Waals surface area (Å²) in [7, 11) is 0. The van der Waals surface area contributed by atoms with Crippen molar-refractivity contribution < 1.29 is 47.6 Å². The van der Waals surface area contributed by atoms with Crippen molar-refractivity contribution >= 4 is 5.97 Å². The largest absolute Gasteiger partial charge is 1.00 e. The summed E-state index contributed by atoms with van der Waals surface area (Å²) in [6.07, 6.45) is 2.99. The van der Waals surface area contributed by atoms with Gasteiger partial charge in [-0.2, -0.15) is 0 Å². The van der Waals surface area contributed by atoms with Crippen LogP contribution in [0, 0.1) is 0 Å². The molecular formula is C6H7Li2N3O2. The Morgan fingerprint density at radius 1 is 1.69 bits per heavy atom. The first kappa shape index (κ1) is 15.3. The molecule has 1 rings (SSSR count). The summed E-state index contributed by atoms with van der Waals surface area (Å²) in [5.74, 6) is -1.27. The fraction of sp³-hybridized carbons (Fsp3) is 0.333. The van der Waals surface area contributed by atoms with E-state index in [2.05, 4.69) is 9.97 Å². The van der Waals surface area contributed by atoms with Gasteiger partial charge in [0.25, 0.3) is 0 Å². The van der Waals surface area contributed by atoms with Crippen molar-refractivity contribution in [2.75, 3.05) is 0 Å². The van der Waals surface area contributed by atoms with Crippen LogP contribution in [-0.2, 0) is 11.2 Å². The Hall–Kier alpha value is -0.165. The van der Waals surface area contributed by atoms with Gasteiger partial charge in [-0.1, -0.05) is 18.2 Å². The van der Waals surface area contributed by atoms with Crippen LogP contribution in [0.2, 0.25) is 0 Å². The number of carboxylic acid groups (broad SMARTS) is 1. The second kappa shape index (κ2) is 7.26. The Morgan fingerprint density at radius 3 is 2.69 bits per heavy atom. The molecule has 0 radical (unpaired) electrons. The summed E-state index contributed by atoms with van der Waals surface area (Å²) >= 11 is 0. The van der Waals surface area contributed by atoms with Gasteiger partial charge < -0.3 is 25.6 Å². The van der Waals surface area contributed by atoms with Gasteiger partial charge in [0.1, 0.15) is 0 Å². The molecule has 0 spiro atoms. The molecule has 0 bridgehead atoms. The Kier molecular flexibility index (Phi) is 8.55. The third-order valence-corrected chi connectivity index (χ3v) is 1.25. The van der Waals surface area contributed by atoms with Crippen LogP contribution in [0.15, 0.2) is 12.5 Å². The first-order chi connectivity index (χ1) is 5.20. The molecule has 0 fully saturated rings. The van der Waals surface area contributed by atoms with Gasteiger partial charge in [-0.25, -0.2) is 0 Å². The molecule has 0 aliphatic rings. The average Bonchev–Trinajstić information content (AvgIpc) is 2.39. The quantitative estimate of drug-likeness (QED) is 0.451. The standard InChI is InChI=1S/C6H9N3O2.2Li/c7-5(6(10)11)1-4-2-8-3-9-4;;/h2-3,5H,1,7H2,(H2,8,9,10,11);;/q;2*+1/p-2/t5-;;/m0../s1. The van der Waals surface area contributed by atoms with Crippen molar-refractivity contribution in [1.82, 2.24) is 9.97 Å². The molecule has 0 amide bonds. The van der Waals surface area contributed by atoms with E-state index < -0.39 is 12.0 Å². The van der Waals surface area contributed by atoms with E-state index in [1.54, 1.807) is 0 Å². The molecule has 2 N–H and O–H groups in total. The smallest absolute Gasteiger partial charge is 0.548 e. The number of carbonyl (C=O) groups excluding carboxylic acids is 1. The maximum Gasteiger partial charge on any atom is 1.00 e. The summed E-state index contributed by atoms with van der Waals surface area (Å²) in [5.41, 5.74) is 5.75. The maximum absolute atomic E-state index is 10.1. The van der Waals surface area contributed by atoms with E-state index in [1.807, 2.05) is 0 Å². The molecule has 1 heterocycles. The number of aliphatic carboxylic acids is 1. The zero-order chi connectivity index (χ0) is 8.27. The normalized spacial score (nSPS) is 10.8. The zero-order valence-corrected chi connectivity index (χ0v) is 7.73. The van der Waals surface area contributed by atoms with Crippen LogP contribution in [0.3, 0.4) is 0 Å². The van der Waals surface area contributed by atoms with E-state index in [9.17, 15) is 9.90 Å². The Balaban J connectivity index is 0. The van der Waals surface area contributed by atoms with Crippen LogP contribution in [-0.4, -0.2) is 17.0 Å². The average molecular weight is 167 g/mol. The number of aromatic nitrogens is 2. The van der Waals surface area contributed by atoms with Crippen molar-refractivity contribution in [3.8, 4) is 0 Å². The molecule has 0 unspecified atom stereocenters. The monoisotopic (exact) mass is 167 g/mol. The minimum atomic E-state index is -1.27. The number of carbonyl (C=O) groups is 1. The van der Waals surface area contributed by atoms with E-state index in [1.165, 1.54) is 12.5 Å². The molecule has 0 aromatic carbocycles. The van der Waals surface area contributed by atoms with Gasteiger partial charge in [0.15, 0.2) is 0 Å². The molecule has 0 saturated carbocycles. The molecular weight excluding hydrogens is 160 g/mol. The minimum Gasteiger partial charge on any atom is -0.548 e. The summed E-state index contributed by atoms with van der Waals surface area (Å²) in [6, 6.07) is -0.994. The van der Waals surface area contributed by atoms with Crippen LogP contribution in [0.4, 0.5) is 0 Å². The maximum atomic E-state index is 10.1. The van der Waals surface area contributed by atoms with Crippen LogP contribution in [0.1, 0.15) is 5.69 Å². The van der Waals surface area contributed by atoms with Gasteiger partial charge in [-0.05, 0) is 6.42 Å². The van der Waals surface area contributed by atoms with Crippen LogP contribution in [0.25, 0.3) is 0 Å². The van der Waals surface area contributed by atoms with Crippen molar-refractivity contribution in [3.63, 3.8) is 0 Å². The van der Waals surface area contributed by atoms with Gasteiger partial charge in [-0.3, -0.25) is 0 Å². The number of rotatable bonds is 3. The first-order valence-electron chi connectivity index (χ1n) is 3.08. The van der Waals surface area contributed by atoms with Gasteiger partial charge in [0, 0.05) is 6.04 Å². The molecule has 1 atom stereocenters. The Morgan fingerprint density at radius 2 is 2.31 bits per heavy atom. The molecule has 5 nitrogen and oxygen atoms in total. The molecule has 1 aromatic rings. The van der Waals surface area contributed by atoms with E-state index in [-0.39, 0.29) is 44.1 Å². The topological polar surface area (TPSA) is 93.1 Å². The fourth-order valence-electron chi connectivity index (χ4n) is 0.674. The SMILES string of the molecule is N[C@@H](Cc1c[n-]cn1)C(=O)[O-].[Li+].[Li+]. The van der Waals surface area contributed by atoms with Gasteiger partial charge in [0.2, 0.25) is 0 Å². The van der Waals surface area contributed by atoms with Crippen molar-refractivity contribution in [1.29, 1.82) is 0 Å². The van der Waals surface area contributed by atoms with Gasteiger partial charge >= 0.3 is 37.7 Å². The second-order valence-corrected chi connectivity index (χ2v) is 2.14. The first-order valence-corrected chi connectivity index (χ1v) is 3.08. The van der Waals surface area contributed by atoms with Crippen LogP contribution >= 0.6 is 0 Å². The molecule has 0 saturated heterocycles. The zero-order valence-electron chi connectivity index (χ0n) is 7.73. The molecule has 7 heteroatoms. The summed E-state index contributed by atoms with van der Waals surface area (Å²) < 4.78 is 0. The predicted molar refractivity (Wildman–Crippen MR) is 34.2 cm³/mol. The third-order valence-electron chi connectivity index (χ3n) is 1.25. The molecule has 60 valence electrons. The number of imidazole rings is 1. The number of carboxylic acids is 1. The summed E-state index contributed by atoms with van der Waals surface area (Å²) in [5, 5.41) is 10.1. The van der Waals surface area contributed by atoms with Crippen LogP contribution in [0.5, 0.6) is 0 Å². The number of nitrogens with two attached hydrogens (primary N) is 1. The van der Waals surface area contributed by atoms with Crippen molar-refractivity contribution in [2.24, 2.45) is 5.73 Å². The van der Waals surface area contributed by atoms with Crippen molar-refractivity contribution in [3.05, 3.63) is 18.2 Å². The molecule has 0 aliphatic carbocycles. The van der Waals surface area contributed by atoms with Crippen molar-refractivity contribution in [2.45, 2.75) is 12.5 Å². The third kappa shape index (κ3) is 5.20. The number of hydrogen-bond donors (Lipinski definition) is 1. The summed E-state index contributed by atoms with van der Waals surface area (Å²) in [4.78, 5) is 17.6. The van der Waals surface area contributed by atoms with Crippen LogP contribution < -0.4 is 53.5 Å². The van der Waals surface area contributed by atoms with E-state index in [0.29, 0.717) is 5.69 Å². The molecule has 0 aliphatic heterocycles. The summed E-state index contributed by atoms with van der Waals surface area (Å²) in [6.45, 7) is 0. The Bertz CT molecular complexity index is 240. The predicted octanol–water partition coefficient (Wildman–Crippen LogP) is -8.33. The van der Waals surface area contributed by atoms with E-state index in [4.69, 9.17) is 5.73 Å². The number of hydrogen-bond acceptors (Lipinski definition) is 4. The van der Waals surface area contributed by atoms with Gasteiger partial charge in [0.05, 0.1) is 5.97 Å². The van der Waals surface area contributed by atoms with E-state index >= 15 is 0 Å². The second-order valence-electron chi connectivity index (χ2n) is 2.14. The minimum absolute atomic E-state index is 0. The Labute approximate surface area is 99.8 Å². The van der Waals surface area contributed by atoms with E-state index in [0.717, 1.165) is 0 Å². The van der Waals surface area contributed by atoms with Gasteiger partial charge in [-0.15, -0.1) is 0 Å². The number of nitrogens with zero attached hydrogens (tertiary/aromatic N) is 2. The molecule has 13 heavy (non-hydrogen) atoms. The molecule has 1 aromatic heterocycles. The fourth-order valence-corrected chi connectivity index (χ4v) is 0.674.